The van der Waals surface area contributed by atoms with Gasteiger partial charge < -0.3 is 13.7 Å². The Hall–Kier alpha value is -7.36. The van der Waals surface area contributed by atoms with E-state index in [1.807, 2.05) is 0 Å². The second-order valence-electron chi connectivity index (χ2n) is 15.1. The topological polar surface area (TPSA) is 14.8 Å². The highest BCUT2D eigenvalue weighted by atomic mass is 15.0. The quantitative estimate of drug-likeness (QED) is 0.168. The molecule has 57 heavy (non-hydrogen) atoms. The van der Waals surface area contributed by atoms with Crippen molar-refractivity contribution in [3.63, 3.8) is 0 Å². The largest absolute Gasteiger partial charge is 0.309 e. The predicted molar refractivity (Wildman–Crippen MR) is 240 cm³/mol. The first kappa shape index (κ1) is 31.9. The highest BCUT2D eigenvalue weighted by molar-refractivity contribution is 6.29. The molecule has 3 aromatic heterocycles. The van der Waals surface area contributed by atoms with Crippen LogP contribution in [0, 0.1) is 0 Å². The summed E-state index contributed by atoms with van der Waals surface area (Å²) in [5.41, 5.74) is 14.5. The Kier molecular flexibility index (Phi) is 7.05. The maximum Gasteiger partial charge on any atom is 0.0795 e. The Morgan fingerprint density at radius 3 is 1.51 bits per heavy atom. The summed E-state index contributed by atoms with van der Waals surface area (Å²) in [6, 6.07) is 68.8. The second kappa shape index (κ2) is 12.6. The van der Waals surface area contributed by atoms with Crippen molar-refractivity contribution in [3.05, 3.63) is 199 Å². The number of benzene rings is 8. The zero-order chi connectivity index (χ0) is 37.5. The Morgan fingerprint density at radius 1 is 0.333 bits per heavy atom. The summed E-state index contributed by atoms with van der Waals surface area (Å²) in [6.07, 6.45) is 6.97. The van der Waals surface area contributed by atoms with Crippen LogP contribution in [0.1, 0.15) is 12.8 Å². The normalized spacial score (nSPS) is 12.7. The van der Waals surface area contributed by atoms with Gasteiger partial charge in [-0.25, -0.2) is 0 Å². The van der Waals surface area contributed by atoms with Crippen LogP contribution in [-0.4, -0.2) is 13.7 Å². The van der Waals surface area contributed by atoms with E-state index in [9.17, 15) is 0 Å². The summed E-state index contributed by atoms with van der Waals surface area (Å²) in [5, 5.41) is 8.88. The number of hydrogen-bond acceptors (Lipinski definition) is 0. The number of para-hydroxylation sites is 5. The maximum atomic E-state index is 2.55. The molecule has 0 spiro atoms. The molecule has 0 atom stereocenters. The van der Waals surface area contributed by atoms with E-state index in [4.69, 9.17) is 0 Å². The van der Waals surface area contributed by atoms with Crippen LogP contribution >= 0.6 is 0 Å². The van der Waals surface area contributed by atoms with Gasteiger partial charge >= 0.3 is 0 Å². The highest BCUT2D eigenvalue weighted by Gasteiger charge is 2.29. The first-order chi connectivity index (χ1) is 28.3. The molecule has 0 bridgehead atoms. The van der Waals surface area contributed by atoms with Crippen LogP contribution in [0.2, 0.25) is 0 Å². The molecule has 0 aliphatic heterocycles. The van der Waals surface area contributed by atoms with Crippen molar-refractivity contribution < 1.29 is 0 Å². The van der Waals surface area contributed by atoms with E-state index in [-0.39, 0.29) is 0 Å². The molecule has 3 heterocycles. The molecule has 0 fully saturated rings. The first-order valence-electron chi connectivity index (χ1n) is 19.9. The first-order valence-corrected chi connectivity index (χ1v) is 19.9. The molecule has 1 aliphatic rings. The van der Waals surface area contributed by atoms with Crippen LogP contribution in [-0.2, 0) is 0 Å². The molecule has 12 rings (SSSR count). The molecule has 0 saturated heterocycles. The molecule has 0 N–H and O–H groups in total. The lowest BCUT2D eigenvalue weighted by Crippen LogP contribution is -2.30. The van der Waals surface area contributed by atoms with Crippen LogP contribution in [0.15, 0.2) is 188 Å². The third-order valence-electron chi connectivity index (χ3n) is 12.0. The van der Waals surface area contributed by atoms with Crippen molar-refractivity contribution in [3.8, 4) is 39.3 Å². The lowest BCUT2D eigenvalue weighted by atomic mass is 9.86. The summed E-state index contributed by atoms with van der Waals surface area (Å²) >= 11 is 0. The zero-order valence-electron chi connectivity index (χ0n) is 31.3. The van der Waals surface area contributed by atoms with Gasteiger partial charge in [-0.1, -0.05) is 140 Å². The average molecular weight is 728 g/mol. The lowest BCUT2D eigenvalue weighted by molar-refractivity contribution is 1.02. The standard InChI is InChI=1S/C54H37N3/c1-5-19-36(20-6-1)49-50(37-33-34-48-44(35-37)41-27-13-16-30-45(41)55(48)38-21-7-2-8-22-38)52-43-29-15-18-32-47(43)57(40-25-11-4-12-26-40)54(52)53-51(49)42-28-14-17-31-46(42)56(53)39-23-9-3-10-24-39/h1-14,16-17,19-35H,15,18H2. The number of aromatic nitrogens is 3. The number of fused-ring (bicyclic) bond motifs is 10. The van der Waals surface area contributed by atoms with E-state index in [0.29, 0.717) is 0 Å². The van der Waals surface area contributed by atoms with Gasteiger partial charge in [-0.15, -0.1) is 0 Å². The van der Waals surface area contributed by atoms with Crippen LogP contribution in [0.4, 0.5) is 0 Å². The van der Waals surface area contributed by atoms with E-state index in [1.165, 1.54) is 93.0 Å². The monoisotopic (exact) mass is 727 g/mol. The smallest absolute Gasteiger partial charge is 0.0795 e. The van der Waals surface area contributed by atoms with Gasteiger partial charge in [0.15, 0.2) is 0 Å². The van der Waals surface area contributed by atoms with Crippen molar-refractivity contribution in [2.75, 3.05) is 0 Å². The summed E-state index contributed by atoms with van der Waals surface area (Å²) < 4.78 is 7.49. The molecule has 3 nitrogen and oxygen atoms in total. The van der Waals surface area contributed by atoms with Crippen LogP contribution < -0.4 is 10.6 Å². The fourth-order valence-electron chi connectivity index (χ4n) is 9.76. The molecule has 268 valence electrons. The molecular weight excluding hydrogens is 691 g/mol. The molecule has 0 unspecified atom stereocenters. The molecule has 0 amide bonds. The van der Waals surface area contributed by atoms with Gasteiger partial charge in [-0.2, -0.15) is 0 Å². The van der Waals surface area contributed by atoms with E-state index in [1.54, 1.807) is 0 Å². The number of rotatable bonds is 5. The van der Waals surface area contributed by atoms with Crippen LogP contribution in [0.3, 0.4) is 0 Å². The summed E-state index contributed by atoms with van der Waals surface area (Å²) in [4.78, 5) is 0. The van der Waals surface area contributed by atoms with E-state index < -0.39 is 0 Å². The van der Waals surface area contributed by atoms with E-state index in [0.717, 1.165) is 24.2 Å². The molecule has 0 radical (unpaired) electrons. The molecule has 0 saturated carbocycles. The van der Waals surface area contributed by atoms with Crippen molar-refractivity contribution in [2.45, 2.75) is 12.8 Å². The molecule has 8 aromatic carbocycles. The number of nitrogens with zero attached hydrogens (tertiary/aromatic N) is 3. The fraction of sp³-hybridized carbons (Fsp3) is 0.0370. The van der Waals surface area contributed by atoms with Crippen molar-refractivity contribution in [1.29, 1.82) is 0 Å². The van der Waals surface area contributed by atoms with E-state index in [2.05, 4.69) is 214 Å². The third-order valence-corrected chi connectivity index (χ3v) is 12.0. The summed E-state index contributed by atoms with van der Waals surface area (Å²) in [5.74, 6) is 0. The van der Waals surface area contributed by atoms with Gasteiger partial charge in [0.2, 0.25) is 0 Å². The predicted octanol–water partition coefficient (Wildman–Crippen LogP) is 12.5. The van der Waals surface area contributed by atoms with Crippen molar-refractivity contribution >= 4 is 66.7 Å². The SMILES string of the molecule is C1=c2c(n(-c3ccccc3)c3c2c(-c2ccc4c(c2)c2ccccc2n4-c2ccccc2)c(-c2ccccc2)c2c4ccccc4n(-c4ccccc4)c23)=CCC1. The summed E-state index contributed by atoms with van der Waals surface area (Å²) in [6.45, 7) is 0. The van der Waals surface area contributed by atoms with Gasteiger partial charge in [0.1, 0.15) is 0 Å². The molecular formula is C54H37N3. The van der Waals surface area contributed by atoms with Gasteiger partial charge in [-0.3, -0.25) is 0 Å². The average Bonchev–Trinajstić information content (AvgIpc) is 3.93. The molecule has 11 aromatic rings. The van der Waals surface area contributed by atoms with Crippen molar-refractivity contribution in [2.24, 2.45) is 0 Å². The molecule has 1 aliphatic carbocycles. The summed E-state index contributed by atoms with van der Waals surface area (Å²) in [7, 11) is 0. The Morgan fingerprint density at radius 2 is 0.825 bits per heavy atom. The van der Waals surface area contributed by atoms with Gasteiger partial charge in [-0.05, 0) is 84.6 Å². The minimum absolute atomic E-state index is 1.00. The zero-order valence-corrected chi connectivity index (χ0v) is 31.3. The van der Waals surface area contributed by atoms with E-state index >= 15 is 0 Å². The third kappa shape index (κ3) is 4.66. The second-order valence-corrected chi connectivity index (χ2v) is 15.1. The maximum absolute atomic E-state index is 2.55. The lowest BCUT2D eigenvalue weighted by Gasteiger charge is -2.18. The molecule has 3 heteroatoms. The van der Waals surface area contributed by atoms with Crippen molar-refractivity contribution in [1.82, 2.24) is 13.7 Å². The Labute approximate surface area is 329 Å². The Balaban J connectivity index is 1.35. The highest BCUT2D eigenvalue weighted by Crippen LogP contribution is 2.49. The fourth-order valence-corrected chi connectivity index (χ4v) is 9.76. The minimum atomic E-state index is 1.00. The van der Waals surface area contributed by atoms with Gasteiger partial charge in [0, 0.05) is 65.7 Å². The Bertz CT molecular complexity index is 3480. The van der Waals surface area contributed by atoms with Gasteiger partial charge in [0.05, 0.1) is 27.6 Å². The number of hydrogen-bond donors (Lipinski definition) is 0. The minimum Gasteiger partial charge on any atom is -0.309 e. The van der Waals surface area contributed by atoms with Gasteiger partial charge in [0.25, 0.3) is 0 Å². The van der Waals surface area contributed by atoms with Crippen LogP contribution in [0.25, 0.3) is 106 Å². The van der Waals surface area contributed by atoms with Crippen LogP contribution in [0.5, 0.6) is 0 Å².